The van der Waals surface area contributed by atoms with Gasteiger partial charge in [0.05, 0.1) is 38.1 Å². The second-order valence-electron chi connectivity index (χ2n) is 7.59. The molecule has 2 heterocycles. The molecule has 30 heavy (non-hydrogen) atoms. The molecule has 0 spiro atoms. The molecule has 0 radical (unpaired) electrons. The minimum Gasteiger partial charge on any atom is -0.488 e. The number of hydrogen-bond donors (Lipinski definition) is 2. The van der Waals surface area contributed by atoms with E-state index in [0.29, 0.717) is 12.5 Å². The number of piperidine rings is 1. The molecule has 1 aromatic rings. The van der Waals surface area contributed by atoms with Crippen LogP contribution in [0.3, 0.4) is 0 Å². The Morgan fingerprint density at radius 3 is 2.73 bits per heavy atom. The Hall–Kier alpha value is -2.65. The Morgan fingerprint density at radius 2 is 2.07 bits per heavy atom. The van der Waals surface area contributed by atoms with Crippen LogP contribution in [0.5, 0.6) is 5.75 Å². The predicted octanol–water partition coefficient (Wildman–Crippen LogP) is 1.22. The van der Waals surface area contributed by atoms with Crippen molar-refractivity contribution in [3.8, 4) is 5.75 Å². The number of amides is 1. The highest BCUT2D eigenvalue weighted by Gasteiger charge is 2.35. The van der Waals surface area contributed by atoms with Gasteiger partial charge >= 0.3 is 5.97 Å². The number of anilines is 1. The average molecular weight is 421 g/mol. The normalized spacial score (nSPS) is 18.1. The van der Waals surface area contributed by atoms with Crippen molar-refractivity contribution in [1.82, 2.24) is 9.80 Å². The van der Waals surface area contributed by atoms with Crippen LogP contribution < -0.4 is 10.1 Å². The quantitative estimate of drug-likeness (QED) is 0.610. The first kappa shape index (κ1) is 22.0. The number of esters is 1. The van der Waals surface area contributed by atoms with Crippen LogP contribution in [0.4, 0.5) is 10.1 Å². The highest BCUT2D eigenvalue weighted by Crippen LogP contribution is 2.32. The number of carbonyl (C=O) groups excluding carboxylic acids is 2. The van der Waals surface area contributed by atoms with Gasteiger partial charge in [0.2, 0.25) is 0 Å². The summed E-state index contributed by atoms with van der Waals surface area (Å²) >= 11 is 0. The van der Waals surface area contributed by atoms with Gasteiger partial charge in [-0.1, -0.05) is 6.07 Å². The van der Waals surface area contributed by atoms with E-state index in [-0.39, 0.29) is 42.4 Å². The largest absolute Gasteiger partial charge is 0.488 e. The molecule has 0 unspecified atom stereocenters. The fourth-order valence-corrected chi connectivity index (χ4v) is 3.67. The maximum absolute atomic E-state index is 14.5. The topological polar surface area (TPSA) is 91.3 Å². The van der Waals surface area contributed by atoms with E-state index in [9.17, 15) is 19.1 Å². The van der Waals surface area contributed by atoms with Crippen LogP contribution in [0.15, 0.2) is 29.5 Å². The van der Waals surface area contributed by atoms with Gasteiger partial charge in [0.25, 0.3) is 5.91 Å². The van der Waals surface area contributed by atoms with Crippen LogP contribution in [-0.4, -0.2) is 80.3 Å². The van der Waals surface area contributed by atoms with Gasteiger partial charge in [0.1, 0.15) is 5.70 Å². The van der Waals surface area contributed by atoms with E-state index in [2.05, 4.69) is 17.3 Å². The lowest BCUT2D eigenvalue weighted by molar-refractivity contribution is -0.136. The Morgan fingerprint density at radius 1 is 1.33 bits per heavy atom. The highest BCUT2D eigenvalue weighted by molar-refractivity contribution is 6.08. The number of ether oxygens (including phenoxy) is 2. The molecule has 0 bridgehead atoms. The molecule has 0 saturated carbocycles. The van der Waals surface area contributed by atoms with Crippen LogP contribution in [0.25, 0.3) is 0 Å². The highest BCUT2D eigenvalue weighted by atomic mass is 19.1. The van der Waals surface area contributed by atoms with E-state index >= 15 is 0 Å². The van der Waals surface area contributed by atoms with Gasteiger partial charge in [0.15, 0.2) is 11.6 Å². The molecule has 2 aliphatic heterocycles. The number of aliphatic hydroxyl groups is 1. The first-order valence-electron chi connectivity index (χ1n) is 10.0. The molecule has 8 nitrogen and oxygen atoms in total. The van der Waals surface area contributed by atoms with Crippen molar-refractivity contribution in [3.63, 3.8) is 0 Å². The van der Waals surface area contributed by atoms with Crippen molar-refractivity contribution in [3.05, 3.63) is 35.3 Å². The lowest BCUT2D eigenvalue weighted by Crippen LogP contribution is -2.32. The van der Waals surface area contributed by atoms with Gasteiger partial charge in [-0.15, -0.1) is 0 Å². The molecular weight excluding hydrogens is 393 g/mol. The van der Waals surface area contributed by atoms with Crippen molar-refractivity contribution in [2.75, 3.05) is 58.9 Å². The molecule has 1 saturated heterocycles. The number of benzene rings is 1. The number of carbonyl (C=O) groups is 2. The third-order valence-corrected chi connectivity index (χ3v) is 5.48. The lowest BCUT2D eigenvalue weighted by atomic mass is 9.98. The number of β-amino-alcohol motifs (C(OH)–C–C–N with tert-alkyl or cyclic N) is 1. The smallest absolute Gasteiger partial charge is 0.337 e. The van der Waals surface area contributed by atoms with Crippen LogP contribution in [-0.2, 0) is 14.3 Å². The zero-order valence-electron chi connectivity index (χ0n) is 17.3. The summed E-state index contributed by atoms with van der Waals surface area (Å²) in [5.74, 6) is -1.33. The van der Waals surface area contributed by atoms with Crippen molar-refractivity contribution >= 4 is 17.6 Å². The average Bonchev–Trinajstić information content (AvgIpc) is 3.04. The molecule has 1 fully saturated rings. The summed E-state index contributed by atoms with van der Waals surface area (Å²) in [4.78, 5) is 28.4. The molecule has 0 aromatic heterocycles. The summed E-state index contributed by atoms with van der Waals surface area (Å²) in [6.45, 7) is 2.17. The monoisotopic (exact) mass is 421 g/mol. The molecule has 1 aromatic carbocycles. The van der Waals surface area contributed by atoms with Crippen LogP contribution >= 0.6 is 0 Å². The third kappa shape index (κ3) is 4.91. The SMILES string of the molecule is COC(=O)C1=C(Nc2cccc(F)c2OCC2CCN(C)CC2)C(=O)N(CCO)C1. The maximum Gasteiger partial charge on any atom is 0.337 e. The molecule has 2 N–H and O–H groups in total. The van der Waals surface area contributed by atoms with Crippen molar-refractivity contribution in [1.29, 1.82) is 0 Å². The third-order valence-electron chi connectivity index (χ3n) is 5.48. The zero-order chi connectivity index (χ0) is 21.7. The maximum atomic E-state index is 14.5. The second kappa shape index (κ2) is 9.90. The van der Waals surface area contributed by atoms with Gasteiger partial charge < -0.3 is 29.7 Å². The van der Waals surface area contributed by atoms with Crippen molar-refractivity contribution < 1.29 is 28.6 Å². The number of nitrogens with zero attached hydrogens (tertiary/aromatic N) is 2. The second-order valence-corrected chi connectivity index (χ2v) is 7.59. The zero-order valence-corrected chi connectivity index (χ0v) is 17.3. The lowest BCUT2D eigenvalue weighted by Gasteiger charge is -2.29. The molecule has 0 atom stereocenters. The van der Waals surface area contributed by atoms with Crippen LogP contribution in [0.1, 0.15) is 12.8 Å². The van der Waals surface area contributed by atoms with E-state index in [1.807, 2.05) is 0 Å². The van der Waals surface area contributed by atoms with E-state index in [0.717, 1.165) is 25.9 Å². The van der Waals surface area contributed by atoms with E-state index in [1.165, 1.54) is 24.1 Å². The molecule has 1 amide bonds. The number of aliphatic hydroxyl groups excluding tert-OH is 1. The molecule has 9 heteroatoms. The predicted molar refractivity (Wildman–Crippen MR) is 108 cm³/mol. The van der Waals surface area contributed by atoms with Gasteiger partial charge in [-0.3, -0.25) is 4.79 Å². The minimum atomic E-state index is -0.656. The number of hydrogen-bond acceptors (Lipinski definition) is 7. The standard InChI is InChI=1S/C21H28FN3O5/c1-24-8-6-14(7-9-24)13-30-19-16(22)4-3-5-17(19)23-18-15(21(28)29-2)12-25(10-11-26)20(18)27/h3-5,14,23,26H,6-13H2,1-2H3. The number of nitrogens with one attached hydrogen (secondary N) is 1. The summed E-state index contributed by atoms with van der Waals surface area (Å²) in [5.41, 5.74) is 0.394. The Labute approximate surface area is 175 Å². The first-order chi connectivity index (χ1) is 14.4. The van der Waals surface area contributed by atoms with Crippen molar-refractivity contribution in [2.24, 2.45) is 5.92 Å². The molecule has 2 aliphatic rings. The first-order valence-corrected chi connectivity index (χ1v) is 10.0. The summed E-state index contributed by atoms with van der Waals surface area (Å²) in [7, 11) is 3.30. The van der Waals surface area contributed by atoms with E-state index < -0.39 is 17.7 Å². The molecular formula is C21H28FN3O5. The molecule has 3 rings (SSSR count). The number of para-hydroxylation sites is 1. The van der Waals surface area contributed by atoms with Gasteiger partial charge in [-0.25, -0.2) is 9.18 Å². The fourth-order valence-electron chi connectivity index (χ4n) is 3.67. The molecule has 0 aliphatic carbocycles. The number of likely N-dealkylation sites (tertiary alicyclic amines) is 1. The van der Waals surface area contributed by atoms with E-state index in [1.54, 1.807) is 6.07 Å². The van der Waals surface area contributed by atoms with Crippen LogP contribution in [0.2, 0.25) is 0 Å². The van der Waals surface area contributed by atoms with Crippen molar-refractivity contribution in [2.45, 2.75) is 12.8 Å². The Kier molecular flexibility index (Phi) is 7.28. The van der Waals surface area contributed by atoms with Gasteiger partial charge in [-0.05, 0) is 51.0 Å². The Bertz CT molecular complexity index is 821. The minimum absolute atomic E-state index is 0.00467. The summed E-state index contributed by atoms with van der Waals surface area (Å²) in [6, 6.07) is 4.39. The fraction of sp³-hybridized carbons (Fsp3) is 0.524. The summed E-state index contributed by atoms with van der Waals surface area (Å²) < 4.78 is 25.2. The van der Waals surface area contributed by atoms with Crippen LogP contribution in [0, 0.1) is 11.7 Å². The summed E-state index contributed by atoms with van der Waals surface area (Å²) in [5, 5.41) is 12.1. The summed E-state index contributed by atoms with van der Waals surface area (Å²) in [6.07, 6.45) is 1.94. The number of rotatable bonds is 8. The number of halogens is 1. The number of methoxy groups -OCH3 is 1. The van der Waals surface area contributed by atoms with Gasteiger partial charge in [-0.2, -0.15) is 0 Å². The molecule has 164 valence electrons. The van der Waals surface area contributed by atoms with E-state index in [4.69, 9.17) is 9.47 Å². The Balaban J connectivity index is 1.80. The van der Waals surface area contributed by atoms with Gasteiger partial charge in [0, 0.05) is 6.54 Å².